The van der Waals surface area contributed by atoms with Crippen LogP contribution in [0.25, 0.3) is 0 Å². The summed E-state index contributed by atoms with van der Waals surface area (Å²) in [5.74, 6) is 0.230. The molecular weight excluding hydrogens is 332 g/mol. The Balaban J connectivity index is 1.65. The summed E-state index contributed by atoms with van der Waals surface area (Å²) in [6.45, 7) is 2.05. The molecule has 1 heterocycles. The lowest BCUT2D eigenvalue weighted by Crippen LogP contribution is -2.45. The Morgan fingerprint density at radius 3 is 2.35 bits per heavy atom. The van der Waals surface area contributed by atoms with Crippen molar-refractivity contribution in [3.8, 4) is 5.75 Å². The smallest absolute Gasteiger partial charge is 0.338 e. The van der Waals surface area contributed by atoms with Crippen LogP contribution in [0, 0.1) is 0 Å². The van der Waals surface area contributed by atoms with E-state index in [-0.39, 0.29) is 19.2 Å². The maximum atomic E-state index is 12.6. The fraction of sp³-hybridized carbons (Fsp3) is 0.200. The zero-order chi connectivity index (χ0) is 18.4. The lowest BCUT2D eigenvalue weighted by Gasteiger charge is -2.28. The minimum Gasteiger partial charge on any atom is -0.490 e. The first-order valence-electron chi connectivity index (χ1n) is 8.33. The van der Waals surface area contributed by atoms with Crippen LogP contribution in [0.5, 0.6) is 5.75 Å². The van der Waals surface area contributed by atoms with Gasteiger partial charge in [0.1, 0.15) is 19.0 Å². The molecule has 134 valence electrons. The van der Waals surface area contributed by atoms with E-state index in [1.807, 2.05) is 60.7 Å². The summed E-state index contributed by atoms with van der Waals surface area (Å²) < 4.78 is 10.9. The molecule has 3 rings (SSSR count). The first kappa shape index (κ1) is 17.5. The molecule has 0 radical (unpaired) electrons. The van der Waals surface area contributed by atoms with Gasteiger partial charge in [-0.3, -0.25) is 0 Å². The highest BCUT2D eigenvalue weighted by Gasteiger charge is 2.32. The average molecular weight is 352 g/mol. The maximum absolute atomic E-state index is 12.6. The molecule has 0 bridgehead atoms. The highest BCUT2D eigenvalue weighted by molar-refractivity contribution is 5.95. The van der Waals surface area contributed by atoms with Gasteiger partial charge in [-0.05, 0) is 24.6 Å². The normalized spacial score (nSPS) is 16.5. The second-order valence-electron chi connectivity index (χ2n) is 5.78. The number of amides is 2. The lowest BCUT2D eigenvalue weighted by atomic mass is 9.96. The van der Waals surface area contributed by atoms with E-state index in [9.17, 15) is 9.59 Å². The summed E-state index contributed by atoms with van der Waals surface area (Å²) in [5.41, 5.74) is 1.68. The molecule has 1 atom stereocenters. The number of urea groups is 1. The van der Waals surface area contributed by atoms with Crippen LogP contribution in [-0.4, -0.2) is 25.2 Å². The Hall–Kier alpha value is -3.28. The number of hydrogen-bond donors (Lipinski definition) is 2. The Kier molecular flexibility index (Phi) is 5.53. The van der Waals surface area contributed by atoms with E-state index in [0.717, 1.165) is 5.56 Å². The minimum absolute atomic E-state index is 0.111. The van der Waals surface area contributed by atoms with Crippen molar-refractivity contribution >= 4 is 12.0 Å². The van der Waals surface area contributed by atoms with E-state index in [0.29, 0.717) is 17.0 Å². The topological polar surface area (TPSA) is 76.7 Å². The van der Waals surface area contributed by atoms with Crippen molar-refractivity contribution in [1.29, 1.82) is 0 Å². The van der Waals surface area contributed by atoms with Gasteiger partial charge in [0.2, 0.25) is 0 Å². The fourth-order valence-corrected chi connectivity index (χ4v) is 2.75. The predicted molar refractivity (Wildman–Crippen MR) is 96.4 cm³/mol. The third-order valence-corrected chi connectivity index (χ3v) is 3.95. The van der Waals surface area contributed by atoms with Crippen LogP contribution >= 0.6 is 0 Å². The van der Waals surface area contributed by atoms with Crippen LogP contribution in [0.2, 0.25) is 0 Å². The van der Waals surface area contributed by atoms with Gasteiger partial charge in [0.15, 0.2) is 0 Å². The van der Waals surface area contributed by atoms with E-state index in [1.54, 1.807) is 6.92 Å². The van der Waals surface area contributed by atoms with Crippen LogP contribution in [-0.2, 0) is 9.53 Å². The number of benzene rings is 2. The number of carbonyl (C=O) groups excluding carboxylic acids is 2. The van der Waals surface area contributed by atoms with E-state index in [4.69, 9.17) is 9.47 Å². The number of nitrogens with one attached hydrogen (secondary N) is 2. The number of rotatable bonds is 6. The van der Waals surface area contributed by atoms with Gasteiger partial charge < -0.3 is 20.1 Å². The fourth-order valence-electron chi connectivity index (χ4n) is 2.75. The van der Waals surface area contributed by atoms with Crippen LogP contribution in [0.15, 0.2) is 71.9 Å². The molecule has 0 saturated carbocycles. The monoisotopic (exact) mass is 352 g/mol. The summed E-state index contributed by atoms with van der Waals surface area (Å²) in [6.07, 6.45) is 0. The van der Waals surface area contributed by atoms with Crippen molar-refractivity contribution in [2.75, 3.05) is 13.2 Å². The second-order valence-corrected chi connectivity index (χ2v) is 5.78. The van der Waals surface area contributed by atoms with Crippen LogP contribution in [0.3, 0.4) is 0 Å². The largest absolute Gasteiger partial charge is 0.490 e. The van der Waals surface area contributed by atoms with Crippen molar-refractivity contribution in [3.05, 3.63) is 77.5 Å². The van der Waals surface area contributed by atoms with Crippen molar-refractivity contribution in [2.24, 2.45) is 0 Å². The molecular formula is C20H20N2O4. The van der Waals surface area contributed by atoms with Gasteiger partial charge in [-0.2, -0.15) is 0 Å². The van der Waals surface area contributed by atoms with Crippen molar-refractivity contribution in [3.63, 3.8) is 0 Å². The molecule has 1 aliphatic rings. The van der Waals surface area contributed by atoms with E-state index < -0.39 is 12.0 Å². The van der Waals surface area contributed by atoms with Gasteiger partial charge in [-0.1, -0.05) is 48.5 Å². The summed E-state index contributed by atoms with van der Waals surface area (Å²) in [5, 5.41) is 5.39. The summed E-state index contributed by atoms with van der Waals surface area (Å²) >= 11 is 0. The van der Waals surface area contributed by atoms with E-state index in [2.05, 4.69) is 10.6 Å². The Labute approximate surface area is 151 Å². The standard InChI is InChI=1S/C20H20N2O4/c1-14-17(18(22-20(24)21-14)15-8-4-2-5-9-15)19(23)26-13-12-25-16-10-6-3-7-11-16/h2-11,18H,12-13H2,1H3,(H2,21,22,24)/t18-/m0/s1. The number of allylic oxidation sites excluding steroid dienone is 1. The summed E-state index contributed by atoms with van der Waals surface area (Å²) in [4.78, 5) is 24.4. The molecule has 0 spiro atoms. The number of carbonyl (C=O) groups is 2. The zero-order valence-corrected chi connectivity index (χ0v) is 14.4. The third kappa shape index (κ3) is 4.22. The molecule has 2 aromatic carbocycles. The Morgan fingerprint density at radius 2 is 1.65 bits per heavy atom. The molecule has 0 aliphatic carbocycles. The molecule has 0 unspecified atom stereocenters. The molecule has 6 nitrogen and oxygen atoms in total. The summed E-state index contributed by atoms with van der Waals surface area (Å²) in [7, 11) is 0. The van der Waals surface area contributed by atoms with Gasteiger partial charge in [0, 0.05) is 5.70 Å². The lowest BCUT2D eigenvalue weighted by molar-refractivity contribution is -0.140. The highest BCUT2D eigenvalue weighted by atomic mass is 16.6. The third-order valence-electron chi connectivity index (χ3n) is 3.95. The SMILES string of the molecule is CC1=C(C(=O)OCCOc2ccccc2)[C@H](c2ccccc2)NC(=O)N1. The molecule has 26 heavy (non-hydrogen) atoms. The molecule has 2 aromatic rings. The average Bonchev–Trinajstić information content (AvgIpc) is 2.66. The molecule has 0 saturated heterocycles. The van der Waals surface area contributed by atoms with Crippen molar-refractivity contribution in [1.82, 2.24) is 10.6 Å². The predicted octanol–water partition coefficient (Wildman–Crippen LogP) is 2.94. The Morgan fingerprint density at radius 1 is 1.00 bits per heavy atom. The Bertz CT molecular complexity index is 803. The van der Waals surface area contributed by atoms with E-state index >= 15 is 0 Å². The van der Waals surface area contributed by atoms with Crippen LogP contribution in [0.4, 0.5) is 4.79 Å². The quantitative estimate of drug-likeness (QED) is 0.619. The van der Waals surface area contributed by atoms with Gasteiger partial charge in [-0.15, -0.1) is 0 Å². The number of para-hydroxylation sites is 1. The number of esters is 1. The molecule has 6 heteroatoms. The first-order chi connectivity index (χ1) is 12.6. The van der Waals surface area contributed by atoms with Crippen LogP contribution < -0.4 is 15.4 Å². The molecule has 2 amide bonds. The van der Waals surface area contributed by atoms with Gasteiger partial charge >= 0.3 is 12.0 Å². The van der Waals surface area contributed by atoms with Crippen molar-refractivity contribution in [2.45, 2.75) is 13.0 Å². The molecule has 0 fully saturated rings. The minimum atomic E-state index is -0.549. The second kappa shape index (κ2) is 8.20. The molecule has 2 N–H and O–H groups in total. The summed E-state index contributed by atoms with van der Waals surface area (Å²) in [6, 6.07) is 17.7. The first-order valence-corrected chi connectivity index (χ1v) is 8.33. The number of ether oxygens (including phenoxy) is 2. The zero-order valence-electron chi connectivity index (χ0n) is 14.4. The number of hydrogen-bond acceptors (Lipinski definition) is 4. The van der Waals surface area contributed by atoms with Gasteiger partial charge in [0.25, 0.3) is 0 Å². The van der Waals surface area contributed by atoms with E-state index in [1.165, 1.54) is 0 Å². The van der Waals surface area contributed by atoms with Crippen molar-refractivity contribution < 1.29 is 19.1 Å². The molecule has 1 aliphatic heterocycles. The highest BCUT2D eigenvalue weighted by Crippen LogP contribution is 2.27. The van der Waals surface area contributed by atoms with Gasteiger partial charge in [-0.25, -0.2) is 9.59 Å². The van der Waals surface area contributed by atoms with Crippen LogP contribution in [0.1, 0.15) is 18.5 Å². The maximum Gasteiger partial charge on any atom is 0.338 e. The van der Waals surface area contributed by atoms with Gasteiger partial charge in [0.05, 0.1) is 11.6 Å². The molecule has 0 aromatic heterocycles.